The van der Waals surface area contributed by atoms with Gasteiger partial charge in [-0.2, -0.15) is 0 Å². The number of amides is 1. The number of primary amides is 1. The number of allylic oxidation sites excluding steroid dienone is 1. The van der Waals surface area contributed by atoms with Gasteiger partial charge in [-0.3, -0.25) is 19.3 Å². The Morgan fingerprint density at radius 2 is 1.68 bits per heavy atom. The molecule has 47 heavy (non-hydrogen) atoms. The van der Waals surface area contributed by atoms with Crippen molar-refractivity contribution >= 4 is 39.6 Å². The molecule has 12 heteroatoms. The van der Waals surface area contributed by atoms with E-state index in [1.807, 2.05) is 0 Å². The minimum atomic E-state index is -1.48. The van der Waals surface area contributed by atoms with Gasteiger partial charge in [0, 0.05) is 28.2 Å². The summed E-state index contributed by atoms with van der Waals surface area (Å²) in [6.45, 7) is 1.79. The lowest BCUT2D eigenvalue weighted by Crippen LogP contribution is -2.59. The third-order valence-corrected chi connectivity index (χ3v) is 13.1. The van der Waals surface area contributed by atoms with Gasteiger partial charge in [0.1, 0.15) is 17.1 Å². The highest BCUT2D eigenvalue weighted by Crippen LogP contribution is 2.61. The summed E-state index contributed by atoms with van der Waals surface area (Å²) in [5.41, 5.74) is 6.61. The van der Waals surface area contributed by atoms with Gasteiger partial charge in [-0.15, -0.1) is 11.3 Å². The van der Waals surface area contributed by atoms with Crippen molar-refractivity contribution in [3.8, 4) is 5.75 Å². The molecule has 1 aromatic carbocycles. The maximum Gasteiger partial charge on any atom is 0.255 e. The third kappa shape index (κ3) is 4.23. The number of Topliss-reactive ketones (excluding diaryl/α,β-unsaturated/α-hetero) is 2. The molecule has 7 N–H and O–H groups in total. The number of thiazole rings is 1. The predicted octanol–water partition coefficient (Wildman–Crippen LogP) is 4.21. The molecule has 4 saturated carbocycles. The number of benzene rings is 1. The monoisotopic (exact) mass is 660 g/mol. The molecule has 0 spiro atoms. The lowest BCUT2D eigenvalue weighted by molar-refractivity contribution is -0.131. The van der Waals surface area contributed by atoms with Crippen LogP contribution in [-0.4, -0.2) is 74.0 Å². The second-order valence-corrected chi connectivity index (χ2v) is 16.0. The maximum absolute atomic E-state index is 14.2. The summed E-state index contributed by atoms with van der Waals surface area (Å²) >= 11 is 1.47. The van der Waals surface area contributed by atoms with Crippen molar-refractivity contribution in [2.45, 2.75) is 68.9 Å². The second-order valence-electron chi connectivity index (χ2n) is 15.2. The van der Waals surface area contributed by atoms with E-state index in [1.165, 1.54) is 49.9 Å². The molecule has 9 rings (SSSR count). The van der Waals surface area contributed by atoms with Crippen LogP contribution in [0.5, 0.6) is 5.75 Å². The Kier molecular flexibility index (Phi) is 6.75. The zero-order chi connectivity index (χ0) is 33.3. The van der Waals surface area contributed by atoms with Crippen LogP contribution in [-0.2, 0) is 15.0 Å². The topological polar surface area (TPSA) is 186 Å². The first kappa shape index (κ1) is 30.6. The lowest BCUT2D eigenvalue weighted by atomic mass is 9.49. The standard InChI is InChI=1S/C35H40N4O7S/c1-13-17-4-5-18(37-34-38-19(12-47-34)35-9-14-6-15(10-35)8-16(7-14)11-35)27(40)21(17)29(42)23-20(13)28(41)22-24(30(23)43)31(44)25(33(36)46)32(45)26(22)39(2)3/h4-5,12-16,20,22,24,26,28,40-41,43,45H,6-11H2,1-3H3,(H2,36,46)(H,37,38)/t13-,14?,15?,16?,20?,22?,24?,26-,28-,35?/m0/s1. The molecule has 1 amide bonds. The van der Waals surface area contributed by atoms with Crippen molar-refractivity contribution in [1.29, 1.82) is 0 Å². The fraction of sp³-hybridized carbons (Fsp3) is 0.543. The lowest BCUT2D eigenvalue weighted by Gasteiger charge is -2.56. The highest BCUT2D eigenvalue weighted by molar-refractivity contribution is 7.13. The third-order valence-electron chi connectivity index (χ3n) is 12.3. The number of anilines is 2. The summed E-state index contributed by atoms with van der Waals surface area (Å²) in [7, 11) is 3.22. The Labute approximate surface area is 276 Å². The van der Waals surface area contributed by atoms with E-state index in [9.17, 15) is 34.8 Å². The van der Waals surface area contributed by atoms with Crippen LogP contribution in [0, 0.1) is 35.5 Å². The van der Waals surface area contributed by atoms with E-state index in [0.717, 1.165) is 23.4 Å². The number of fused-ring (bicyclic) bond motifs is 3. The SMILES string of the molecule is C[C@H]1c2ccc(Nc3nc(C45CC6CC(CC(C6)C4)C5)cs3)c(O)c2C(=O)C2=C(O)C3C(=O)C(C(N)=O)=C(O)[C@@H](N(C)C)C3[C@@H](O)C21. The molecule has 11 nitrogen and oxygen atoms in total. The smallest absolute Gasteiger partial charge is 0.255 e. The Morgan fingerprint density at radius 3 is 2.28 bits per heavy atom. The number of aromatic nitrogens is 1. The molecule has 248 valence electrons. The van der Waals surface area contributed by atoms with Crippen LogP contribution in [0.25, 0.3) is 0 Å². The van der Waals surface area contributed by atoms with Crippen molar-refractivity contribution in [1.82, 2.24) is 9.88 Å². The quantitative estimate of drug-likeness (QED) is 0.200. The average molecular weight is 661 g/mol. The molecule has 4 bridgehead atoms. The maximum atomic E-state index is 14.2. The van der Waals surface area contributed by atoms with Crippen LogP contribution in [0.2, 0.25) is 0 Å². The number of nitrogens with zero attached hydrogens (tertiary/aromatic N) is 2. The van der Waals surface area contributed by atoms with Gasteiger partial charge in [0.25, 0.3) is 5.91 Å². The molecule has 7 aliphatic rings. The van der Waals surface area contributed by atoms with Gasteiger partial charge in [0.2, 0.25) is 0 Å². The number of aliphatic hydroxyl groups is 3. The molecule has 1 heterocycles. The first-order valence-electron chi connectivity index (χ1n) is 16.5. The summed E-state index contributed by atoms with van der Waals surface area (Å²) < 4.78 is 0. The zero-order valence-corrected chi connectivity index (χ0v) is 27.4. The van der Waals surface area contributed by atoms with Gasteiger partial charge in [0.05, 0.1) is 35.0 Å². The molecule has 7 aliphatic carbocycles. The van der Waals surface area contributed by atoms with Gasteiger partial charge in [-0.1, -0.05) is 13.0 Å². The number of aromatic hydroxyl groups is 1. The largest absolute Gasteiger partial charge is 0.511 e. The number of phenolic OH excluding ortho intramolecular Hbond substituents is 1. The number of likely N-dealkylation sites (N-methyl/N-ethyl adjacent to an activating group) is 1. The minimum absolute atomic E-state index is 0.0234. The van der Waals surface area contributed by atoms with E-state index < -0.39 is 70.4 Å². The molecule has 0 aliphatic heterocycles. The number of nitrogens with one attached hydrogen (secondary N) is 1. The van der Waals surface area contributed by atoms with Crippen LogP contribution in [0.1, 0.15) is 73.0 Å². The van der Waals surface area contributed by atoms with Crippen molar-refractivity contribution in [3.63, 3.8) is 0 Å². The molecule has 3 unspecified atom stereocenters. The first-order chi connectivity index (χ1) is 22.3. The molecule has 2 aromatic rings. The van der Waals surface area contributed by atoms with Crippen LogP contribution in [0.15, 0.2) is 40.2 Å². The Balaban J connectivity index is 1.15. The second kappa shape index (κ2) is 10.4. The van der Waals surface area contributed by atoms with Crippen LogP contribution in [0.4, 0.5) is 10.8 Å². The highest BCUT2D eigenvalue weighted by Gasteiger charge is 2.60. The summed E-state index contributed by atoms with van der Waals surface area (Å²) in [6, 6.07) is 2.40. The van der Waals surface area contributed by atoms with Crippen LogP contribution >= 0.6 is 11.3 Å². The van der Waals surface area contributed by atoms with Crippen LogP contribution < -0.4 is 11.1 Å². The van der Waals surface area contributed by atoms with Crippen molar-refractivity contribution in [2.75, 3.05) is 19.4 Å². The molecule has 4 fully saturated rings. The first-order valence-corrected chi connectivity index (χ1v) is 17.4. The Morgan fingerprint density at radius 1 is 1.04 bits per heavy atom. The normalized spacial score (nSPS) is 37.3. The fourth-order valence-corrected chi connectivity index (χ4v) is 11.7. The number of carbonyl (C=O) groups excluding carboxylic acids is 3. The van der Waals surface area contributed by atoms with E-state index in [-0.39, 0.29) is 28.0 Å². The van der Waals surface area contributed by atoms with Crippen molar-refractivity contribution < 1.29 is 34.8 Å². The number of phenols is 1. The molecule has 6 atom stereocenters. The predicted molar refractivity (Wildman–Crippen MR) is 174 cm³/mol. The van der Waals surface area contributed by atoms with E-state index in [4.69, 9.17) is 10.7 Å². The van der Waals surface area contributed by atoms with E-state index in [1.54, 1.807) is 38.1 Å². The average Bonchev–Trinajstić information content (AvgIpc) is 3.47. The molecule has 0 saturated heterocycles. The van der Waals surface area contributed by atoms with E-state index in [2.05, 4.69) is 10.7 Å². The molecule has 0 radical (unpaired) electrons. The number of rotatable bonds is 5. The van der Waals surface area contributed by atoms with Crippen molar-refractivity contribution in [3.05, 3.63) is 57.0 Å². The van der Waals surface area contributed by atoms with E-state index in [0.29, 0.717) is 10.7 Å². The minimum Gasteiger partial charge on any atom is -0.511 e. The number of ketones is 2. The van der Waals surface area contributed by atoms with Gasteiger partial charge < -0.3 is 31.5 Å². The number of nitrogens with two attached hydrogens (primary N) is 1. The van der Waals surface area contributed by atoms with Crippen molar-refractivity contribution in [2.24, 2.45) is 41.2 Å². The van der Waals surface area contributed by atoms with Gasteiger partial charge in [0.15, 0.2) is 22.4 Å². The number of aliphatic hydroxyl groups excluding tert-OH is 3. The van der Waals surface area contributed by atoms with Crippen LogP contribution in [0.3, 0.4) is 0 Å². The summed E-state index contributed by atoms with van der Waals surface area (Å²) in [4.78, 5) is 46.6. The summed E-state index contributed by atoms with van der Waals surface area (Å²) in [5.74, 6) is -5.97. The zero-order valence-electron chi connectivity index (χ0n) is 26.6. The number of hydrogen-bond acceptors (Lipinski definition) is 11. The Bertz CT molecular complexity index is 1770. The molecular formula is C35H40N4O7S. The Hall–Kier alpha value is -3.74. The number of carbonyl (C=O) groups is 3. The van der Waals surface area contributed by atoms with Gasteiger partial charge >= 0.3 is 0 Å². The summed E-state index contributed by atoms with van der Waals surface area (Å²) in [6.07, 6.45) is 6.20. The molecular weight excluding hydrogens is 620 g/mol. The van der Waals surface area contributed by atoms with Gasteiger partial charge in [-0.05, 0) is 87.9 Å². The molecule has 1 aromatic heterocycles. The van der Waals surface area contributed by atoms with E-state index >= 15 is 0 Å². The number of hydrogen-bond donors (Lipinski definition) is 6. The fourth-order valence-electron chi connectivity index (χ4n) is 10.8. The highest BCUT2D eigenvalue weighted by atomic mass is 32.1. The summed E-state index contributed by atoms with van der Waals surface area (Å²) in [5, 5.41) is 52.0. The van der Waals surface area contributed by atoms with Gasteiger partial charge in [-0.25, -0.2) is 4.98 Å².